The van der Waals surface area contributed by atoms with Crippen molar-refractivity contribution in [3.8, 4) is 28.2 Å². The van der Waals surface area contributed by atoms with Gasteiger partial charge >= 0.3 is 0 Å². The van der Waals surface area contributed by atoms with Crippen LogP contribution in [0.25, 0.3) is 33.7 Å². The predicted octanol–water partition coefficient (Wildman–Crippen LogP) is 6.77. The van der Waals surface area contributed by atoms with Crippen LogP contribution in [0.5, 0.6) is 0 Å². The van der Waals surface area contributed by atoms with Gasteiger partial charge in [-0.1, -0.05) is 35.3 Å². The summed E-state index contributed by atoms with van der Waals surface area (Å²) in [5.41, 5.74) is 6.42. The first-order chi connectivity index (χ1) is 13.7. The highest BCUT2D eigenvalue weighted by Gasteiger charge is 2.11. The molecule has 5 aromatic rings. The summed E-state index contributed by atoms with van der Waals surface area (Å²) in [5, 5.41) is 5.94. The Bertz CT molecular complexity index is 1270. The van der Waals surface area contributed by atoms with Crippen molar-refractivity contribution in [1.82, 2.24) is 14.2 Å². The van der Waals surface area contributed by atoms with Crippen LogP contribution in [-0.4, -0.2) is 14.2 Å². The molecular formula is C23H15Cl2N3. The molecule has 0 atom stereocenters. The Labute approximate surface area is 172 Å². The smallest absolute Gasteiger partial charge is 0.0755 e. The second kappa shape index (κ2) is 6.86. The van der Waals surface area contributed by atoms with Crippen LogP contribution in [0.2, 0.25) is 10.0 Å². The van der Waals surface area contributed by atoms with Crippen molar-refractivity contribution in [3.05, 3.63) is 101 Å². The second-order valence-electron chi connectivity index (χ2n) is 6.54. The molecule has 2 aromatic carbocycles. The Morgan fingerprint density at radius 3 is 2.00 bits per heavy atom. The van der Waals surface area contributed by atoms with Crippen LogP contribution >= 0.6 is 23.2 Å². The quantitative estimate of drug-likeness (QED) is 0.325. The third-order valence-corrected chi connectivity index (χ3v) is 5.31. The highest BCUT2D eigenvalue weighted by atomic mass is 35.5. The van der Waals surface area contributed by atoms with Crippen molar-refractivity contribution in [1.29, 1.82) is 0 Å². The highest BCUT2D eigenvalue weighted by molar-refractivity contribution is 6.30. The molecule has 0 N–H and O–H groups in total. The van der Waals surface area contributed by atoms with E-state index in [9.17, 15) is 0 Å². The molecule has 0 bridgehead atoms. The molecular weight excluding hydrogens is 389 g/mol. The molecule has 0 unspecified atom stereocenters. The molecule has 136 valence electrons. The van der Waals surface area contributed by atoms with E-state index in [1.807, 2.05) is 65.5 Å². The summed E-state index contributed by atoms with van der Waals surface area (Å²) in [6.07, 6.45) is 3.95. The van der Waals surface area contributed by atoms with Crippen LogP contribution < -0.4 is 0 Å². The minimum atomic E-state index is 0.707. The Hall–Kier alpha value is -3.01. The first kappa shape index (κ1) is 17.1. The zero-order valence-electron chi connectivity index (χ0n) is 14.8. The summed E-state index contributed by atoms with van der Waals surface area (Å²) < 4.78 is 4.11. The van der Waals surface area contributed by atoms with Crippen LogP contribution in [0.1, 0.15) is 0 Å². The lowest BCUT2D eigenvalue weighted by molar-refractivity contribution is 0.887. The van der Waals surface area contributed by atoms with Crippen LogP contribution in [0.4, 0.5) is 0 Å². The van der Waals surface area contributed by atoms with Gasteiger partial charge in [-0.15, -0.1) is 0 Å². The standard InChI is InChI=1S/C23H15Cl2N3/c24-18-4-1-16(2-5-18)22-12-11-20-8-3-17(15-27(20)22)23-13-14-26-28(23)21-9-6-19(25)7-10-21/h1-15H. The number of rotatable bonds is 3. The maximum atomic E-state index is 6.04. The van der Waals surface area contributed by atoms with Gasteiger partial charge in [-0.3, -0.25) is 0 Å². The van der Waals surface area contributed by atoms with Gasteiger partial charge in [-0.2, -0.15) is 5.10 Å². The summed E-state index contributed by atoms with van der Waals surface area (Å²) in [6, 6.07) is 26.1. The Balaban J connectivity index is 1.63. The fourth-order valence-corrected chi connectivity index (χ4v) is 3.67. The number of hydrogen-bond acceptors (Lipinski definition) is 1. The molecule has 3 nitrogen and oxygen atoms in total. The number of fused-ring (bicyclic) bond motifs is 1. The highest BCUT2D eigenvalue weighted by Crippen LogP contribution is 2.28. The van der Waals surface area contributed by atoms with Crippen LogP contribution in [-0.2, 0) is 0 Å². The topological polar surface area (TPSA) is 22.2 Å². The number of benzene rings is 2. The SMILES string of the molecule is Clc1ccc(-c2ccc3ccc(-c4ccnn4-c4ccc(Cl)cc4)cn23)cc1. The van der Waals surface area contributed by atoms with Crippen molar-refractivity contribution in [3.63, 3.8) is 0 Å². The molecule has 0 aliphatic rings. The molecule has 0 amide bonds. The fraction of sp³-hybridized carbons (Fsp3) is 0. The molecule has 5 heteroatoms. The normalized spacial score (nSPS) is 11.2. The molecule has 0 aliphatic carbocycles. The van der Waals surface area contributed by atoms with E-state index in [-0.39, 0.29) is 0 Å². The van der Waals surface area contributed by atoms with E-state index in [1.54, 1.807) is 0 Å². The van der Waals surface area contributed by atoms with Crippen molar-refractivity contribution >= 4 is 28.7 Å². The summed E-state index contributed by atoms with van der Waals surface area (Å²) in [4.78, 5) is 0. The Kier molecular flexibility index (Phi) is 4.19. The van der Waals surface area contributed by atoms with Crippen molar-refractivity contribution in [2.45, 2.75) is 0 Å². The number of aromatic nitrogens is 3. The van der Waals surface area contributed by atoms with Gasteiger partial charge in [0.25, 0.3) is 0 Å². The third kappa shape index (κ3) is 2.99. The lowest BCUT2D eigenvalue weighted by Gasteiger charge is -2.10. The third-order valence-electron chi connectivity index (χ3n) is 4.80. The molecule has 0 fully saturated rings. The van der Waals surface area contributed by atoms with Gasteiger partial charge in [-0.25, -0.2) is 4.68 Å². The Morgan fingerprint density at radius 2 is 1.25 bits per heavy atom. The van der Waals surface area contributed by atoms with Gasteiger partial charge in [-0.05, 0) is 72.3 Å². The first-order valence-corrected chi connectivity index (χ1v) is 9.62. The van der Waals surface area contributed by atoms with Crippen molar-refractivity contribution in [2.75, 3.05) is 0 Å². The summed E-state index contributed by atoms with van der Waals surface area (Å²) >= 11 is 12.1. The number of halogens is 2. The van der Waals surface area contributed by atoms with Crippen LogP contribution in [0.15, 0.2) is 91.3 Å². The lowest BCUT2D eigenvalue weighted by Crippen LogP contribution is -1.99. The van der Waals surface area contributed by atoms with E-state index in [0.29, 0.717) is 5.02 Å². The molecule has 0 radical (unpaired) electrons. The van der Waals surface area contributed by atoms with E-state index >= 15 is 0 Å². The van der Waals surface area contributed by atoms with Crippen molar-refractivity contribution in [2.24, 2.45) is 0 Å². The fourth-order valence-electron chi connectivity index (χ4n) is 3.42. The lowest BCUT2D eigenvalue weighted by atomic mass is 10.1. The molecule has 28 heavy (non-hydrogen) atoms. The van der Waals surface area contributed by atoms with E-state index in [4.69, 9.17) is 23.2 Å². The van der Waals surface area contributed by atoms with Gasteiger partial charge in [0.2, 0.25) is 0 Å². The van der Waals surface area contributed by atoms with E-state index in [1.165, 1.54) is 0 Å². The number of hydrogen-bond donors (Lipinski definition) is 0. The molecule has 5 rings (SSSR count). The van der Waals surface area contributed by atoms with Crippen LogP contribution in [0, 0.1) is 0 Å². The first-order valence-electron chi connectivity index (χ1n) is 8.86. The number of nitrogens with zero attached hydrogens (tertiary/aromatic N) is 3. The van der Waals surface area contributed by atoms with Gasteiger partial charge in [0.1, 0.15) is 0 Å². The minimum Gasteiger partial charge on any atom is -0.316 e. The second-order valence-corrected chi connectivity index (χ2v) is 7.42. The molecule has 0 aliphatic heterocycles. The molecule has 0 saturated heterocycles. The average Bonchev–Trinajstić information content (AvgIpc) is 3.36. The average molecular weight is 404 g/mol. The molecule has 0 spiro atoms. The monoisotopic (exact) mass is 403 g/mol. The summed E-state index contributed by atoms with van der Waals surface area (Å²) in [7, 11) is 0. The molecule has 3 aromatic heterocycles. The molecule has 0 saturated carbocycles. The molecule has 3 heterocycles. The number of pyridine rings is 1. The van der Waals surface area contributed by atoms with Crippen LogP contribution in [0.3, 0.4) is 0 Å². The van der Waals surface area contributed by atoms with Crippen molar-refractivity contribution < 1.29 is 0 Å². The van der Waals surface area contributed by atoms with Gasteiger partial charge < -0.3 is 4.40 Å². The van der Waals surface area contributed by atoms with E-state index < -0.39 is 0 Å². The zero-order valence-corrected chi connectivity index (χ0v) is 16.3. The Morgan fingerprint density at radius 1 is 0.607 bits per heavy atom. The van der Waals surface area contributed by atoms with E-state index in [0.717, 1.165) is 38.7 Å². The van der Waals surface area contributed by atoms with Gasteiger partial charge in [0, 0.05) is 27.3 Å². The maximum absolute atomic E-state index is 6.04. The minimum absolute atomic E-state index is 0.707. The van der Waals surface area contributed by atoms with Gasteiger partial charge in [0.15, 0.2) is 0 Å². The summed E-state index contributed by atoms with van der Waals surface area (Å²) in [6.45, 7) is 0. The maximum Gasteiger partial charge on any atom is 0.0755 e. The van der Waals surface area contributed by atoms with Gasteiger partial charge in [0.05, 0.1) is 23.3 Å². The largest absolute Gasteiger partial charge is 0.316 e. The predicted molar refractivity (Wildman–Crippen MR) is 115 cm³/mol. The van der Waals surface area contributed by atoms with E-state index in [2.05, 4.69) is 40.0 Å². The zero-order chi connectivity index (χ0) is 19.1. The summed E-state index contributed by atoms with van der Waals surface area (Å²) in [5.74, 6) is 0.